The molecule has 0 radical (unpaired) electrons. The Labute approximate surface area is 132 Å². The van der Waals surface area contributed by atoms with Crippen molar-refractivity contribution in [2.45, 2.75) is 19.8 Å². The zero-order valence-electron chi connectivity index (χ0n) is 12.7. The van der Waals surface area contributed by atoms with E-state index >= 15 is 0 Å². The number of aromatic nitrogens is 1. The third kappa shape index (κ3) is 3.54. The van der Waals surface area contributed by atoms with Crippen molar-refractivity contribution in [1.82, 2.24) is 4.98 Å². The topological polar surface area (TPSA) is 74.7 Å². The molecule has 2 heterocycles. The molecule has 0 atom stereocenters. The predicted octanol–water partition coefficient (Wildman–Crippen LogP) is 2.84. The molecule has 0 spiro atoms. The number of carbonyl (C=O) groups is 2. The van der Waals surface area contributed by atoms with Gasteiger partial charge in [0.05, 0.1) is 32.1 Å². The molecular formula is C15H17NO5S. The van der Waals surface area contributed by atoms with Gasteiger partial charge in [-0.15, -0.1) is 11.3 Å². The van der Waals surface area contributed by atoms with Crippen molar-refractivity contribution in [1.29, 1.82) is 0 Å². The minimum Gasteiger partial charge on any atom is -0.491 e. The lowest BCUT2D eigenvalue weighted by molar-refractivity contribution is -0.143. The normalized spacial score (nSPS) is 10.5. The van der Waals surface area contributed by atoms with Gasteiger partial charge >= 0.3 is 5.97 Å². The number of hydrogen-bond acceptors (Lipinski definition) is 7. The van der Waals surface area contributed by atoms with E-state index in [-0.39, 0.29) is 24.6 Å². The van der Waals surface area contributed by atoms with Crippen molar-refractivity contribution in [3.05, 3.63) is 17.0 Å². The minimum absolute atomic E-state index is 0.0843. The number of methoxy groups -OCH3 is 2. The van der Waals surface area contributed by atoms with E-state index in [0.717, 1.165) is 5.39 Å². The molecule has 7 heteroatoms. The van der Waals surface area contributed by atoms with Crippen LogP contribution in [0.2, 0.25) is 0 Å². The van der Waals surface area contributed by atoms with E-state index in [4.69, 9.17) is 14.2 Å². The number of Topliss-reactive ketones (excluding diaryl/α,β-unsaturated/α-hetero) is 1. The third-order valence-electron chi connectivity index (χ3n) is 2.99. The number of thiophene rings is 1. The average Bonchev–Trinajstić information content (AvgIpc) is 2.94. The van der Waals surface area contributed by atoms with Crippen LogP contribution in [-0.2, 0) is 9.53 Å². The summed E-state index contributed by atoms with van der Waals surface area (Å²) in [4.78, 5) is 29.0. The lowest BCUT2D eigenvalue weighted by Crippen LogP contribution is -2.07. The Balaban J connectivity index is 2.18. The molecule has 0 aliphatic carbocycles. The van der Waals surface area contributed by atoms with E-state index in [9.17, 15) is 9.59 Å². The molecule has 0 fully saturated rings. The van der Waals surface area contributed by atoms with Crippen LogP contribution in [0.5, 0.6) is 11.6 Å². The van der Waals surface area contributed by atoms with Crippen LogP contribution in [0.25, 0.3) is 10.2 Å². The van der Waals surface area contributed by atoms with Gasteiger partial charge in [-0.1, -0.05) is 0 Å². The van der Waals surface area contributed by atoms with E-state index < -0.39 is 0 Å². The Hall–Kier alpha value is -2.15. The van der Waals surface area contributed by atoms with Gasteiger partial charge in [0.1, 0.15) is 4.83 Å². The highest BCUT2D eigenvalue weighted by Crippen LogP contribution is 2.33. The fourth-order valence-electron chi connectivity index (χ4n) is 1.94. The Bertz CT molecular complexity index is 654. The number of nitrogens with zero attached hydrogens (tertiary/aromatic N) is 1. The maximum atomic E-state index is 12.1. The van der Waals surface area contributed by atoms with Gasteiger partial charge in [0.15, 0.2) is 11.5 Å². The van der Waals surface area contributed by atoms with E-state index in [1.54, 1.807) is 19.1 Å². The van der Waals surface area contributed by atoms with Crippen LogP contribution in [0, 0.1) is 0 Å². The van der Waals surface area contributed by atoms with Crippen molar-refractivity contribution in [2.24, 2.45) is 0 Å². The molecule has 118 valence electrons. The summed E-state index contributed by atoms with van der Waals surface area (Å²) in [6.45, 7) is 2.05. The van der Waals surface area contributed by atoms with Gasteiger partial charge in [-0.25, -0.2) is 0 Å². The first-order valence-electron chi connectivity index (χ1n) is 6.80. The summed E-state index contributed by atoms with van der Waals surface area (Å²) in [5, 5.41) is 0.808. The highest BCUT2D eigenvalue weighted by atomic mass is 32.1. The van der Waals surface area contributed by atoms with Crippen molar-refractivity contribution < 1.29 is 23.8 Å². The van der Waals surface area contributed by atoms with E-state index in [2.05, 4.69) is 4.98 Å². The molecule has 0 saturated carbocycles. The van der Waals surface area contributed by atoms with Crippen LogP contribution in [0.3, 0.4) is 0 Å². The van der Waals surface area contributed by atoms with Gasteiger partial charge < -0.3 is 14.2 Å². The zero-order valence-corrected chi connectivity index (χ0v) is 13.5. The van der Waals surface area contributed by atoms with Crippen LogP contribution < -0.4 is 9.47 Å². The SMILES string of the molecule is CCOC(=O)CCC(=O)c1cc2cc(OC)c(OC)nc2s1. The van der Waals surface area contributed by atoms with Crippen LogP contribution in [0.1, 0.15) is 29.4 Å². The van der Waals surface area contributed by atoms with E-state index in [1.807, 2.05) is 0 Å². The Morgan fingerprint density at radius 3 is 2.59 bits per heavy atom. The van der Waals surface area contributed by atoms with Crippen LogP contribution in [0.15, 0.2) is 12.1 Å². The van der Waals surface area contributed by atoms with Crippen LogP contribution >= 0.6 is 11.3 Å². The zero-order chi connectivity index (χ0) is 16.1. The number of pyridine rings is 1. The number of rotatable bonds is 7. The van der Waals surface area contributed by atoms with Gasteiger partial charge in [-0.3, -0.25) is 9.59 Å². The van der Waals surface area contributed by atoms with Gasteiger partial charge in [-0.05, 0) is 19.1 Å². The molecule has 0 aromatic carbocycles. The van der Waals surface area contributed by atoms with Crippen LogP contribution in [-0.4, -0.2) is 37.6 Å². The summed E-state index contributed by atoms with van der Waals surface area (Å²) >= 11 is 1.27. The summed E-state index contributed by atoms with van der Waals surface area (Å²) in [5.74, 6) is 0.424. The first-order valence-corrected chi connectivity index (χ1v) is 7.62. The number of esters is 1. The largest absolute Gasteiger partial charge is 0.491 e. The summed E-state index contributed by atoms with van der Waals surface area (Å²) in [6.07, 6.45) is 0.209. The predicted molar refractivity (Wildman–Crippen MR) is 82.9 cm³/mol. The van der Waals surface area contributed by atoms with Gasteiger partial charge in [0.2, 0.25) is 0 Å². The molecular weight excluding hydrogens is 306 g/mol. The number of fused-ring (bicyclic) bond motifs is 1. The molecule has 6 nitrogen and oxygen atoms in total. The van der Waals surface area contributed by atoms with Crippen molar-refractivity contribution >= 4 is 33.3 Å². The fourth-order valence-corrected chi connectivity index (χ4v) is 2.91. The number of hydrogen-bond donors (Lipinski definition) is 0. The molecule has 22 heavy (non-hydrogen) atoms. The van der Waals surface area contributed by atoms with Gasteiger partial charge in [0, 0.05) is 11.8 Å². The molecule has 2 aromatic rings. The quantitative estimate of drug-likeness (QED) is 0.576. The second-order valence-corrected chi connectivity index (χ2v) is 5.46. The highest BCUT2D eigenvalue weighted by Gasteiger charge is 2.16. The summed E-state index contributed by atoms with van der Waals surface area (Å²) in [7, 11) is 3.04. The smallest absolute Gasteiger partial charge is 0.306 e. The number of carbonyl (C=O) groups excluding carboxylic acids is 2. The first kappa shape index (κ1) is 16.2. The van der Waals surface area contributed by atoms with Crippen molar-refractivity contribution in [3.8, 4) is 11.6 Å². The summed E-state index contributed by atoms with van der Waals surface area (Å²) in [5.41, 5.74) is 0. The number of ether oxygens (including phenoxy) is 3. The summed E-state index contributed by atoms with van der Waals surface area (Å²) in [6, 6.07) is 3.53. The van der Waals surface area contributed by atoms with Gasteiger partial charge in [0.25, 0.3) is 5.88 Å². The fraction of sp³-hybridized carbons (Fsp3) is 0.400. The second-order valence-electron chi connectivity index (χ2n) is 4.43. The molecule has 0 unspecified atom stereocenters. The van der Waals surface area contributed by atoms with Crippen molar-refractivity contribution in [3.63, 3.8) is 0 Å². The average molecular weight is 323 g/mol. The molecule has 0 N–H and O–H groups in total. The minimum atomic E-state index is -0.363. The monoisotopic (exact) mass is 323 g/mol. The lowest BCUT2D eigenvalue weighted by atomic mass is 10.2. The first-order chi connectivity index (χ1) is 10.6. The molecule has 0 amide bonds. The maximum Gasteiger partial charge on any atom is 0.306 e. The number of ketones is 1. The van der Waals surface area contributed by atoms with Gasteiger partial charge in [-0.2, -0.15) is 4.98 Å². The Morgan fingerprint density at radius 2 is 1.95 bits per heavy atom. The van der Waals surface area contributed by atoms with E-state index in [0.29, 0.717) is 27.9 Å². The molecule has 0 bridgehead atoms. The molecule has 0 saturated heterocycles. The maximum absolute atomic E-state index is 12.1. The standard InChI is InChI=1S/C15H17NO5S/c1-4-21-13(18)6-5-10(17)12-8-9-7-11(19-2)14(20-3)16-15(9)22-12/h7-8H,4-6H2,1-3H3. The molecule has 0 aliphatic rings. The highest BCUT2D eigenvalue weighted by molar-refractivity contribution is 7.20. The second kappa shape index (κ2) is 7.22. The third-order valence-corrected chi connectivity index (χ3v) is 4.08. The van der Waals surface area contributed by atoms with E-state index in [1.165, 1.54) is 25.6 Å². The summed E-state index contributed by atoms with van der Waals surface area (Å²) < 4.78 is 15.1. The molecule has 2 aromatic heterocycles. The van der Waals surface area contributed by atoms with Crippen molar-refractivity contribution in [2.75, 3.05) is 20.8 Å². The Kier molecular flexibility index (Phi) is 5.32. The Morgan fingerprint density at radius 1 is 1.18 bits per heavy atom. The van der Waals surface area contributed by atoms with Crippen LogP contribution in [0.4, 0.5) is 0 Å². The lowest BCUT2D eigenvalue weighted by Gasteiger charge is -2.05. The molecule has 2 rings (SSSR count). The molecule has 0 aliphatic heterocycles.